The van der Waals surface area contributed by atoms with Gasteiger partial charge in [-0.15, -0.1) is 0 Å². The minimum atomic E-state index is -0.457. The maximum atomic E-state index is 15.2. The number of hydrogen-bond acceptors (Lipinski definition) is 2. The molecule has 2 aliphatic carbocycles. The molecule has 202 valence electrons. The smallest absolute Gasteiger partial charge is 0.183 e. The molecule has 2 saturated carbocycles. The van der Waals surface area contributed by atoms with E-state index in [2.05, 4.69) is 38.1 Å². The highest BCUT2D eigenvalue weighted by Gasteiger charge is 2.32. The molecule has 3 fully saturated rings. The Morgan fingerprint density at radius 2 is 1.43 bits per heavy atom. The first-order chi connectivity index (χ1) is 18.1. The number of hydrogen-bond donors (Lipinski definition) is 0. The van der Waals surface area contributed by atoms with Crippen LogP contribution in [0.5, 0.6) is 0 Å². The molecule has 2 aromatic rings. The third-order valence-corrected chi connectivity index (χ3v) is 9.67. The summed E-state index contributed by atoms with van der Waals surface area (Å²) in [4.78, 5) is 0. The minimum Gasteiger partial charge on any atom is -0.348 e. The number of halogens is 1. The second-order valence-electron chi connectivity index (χ2n) is 12.4. The van der Waals surface area contributed by atoms with Gasteiger partial charge in [0.2, 0.25) is 0 Å². The highest BCUT2D eigenvalue weighted by atomic mass is 19.1. The van der Waals surface area contributed by atoms with E-state index in [-0.39, 0.29) is 5.82 Å². The zero-order valence-corrected chi connectivity index (χ0v) is 23.1. The molecular formula is C34H47FO2. The lowest BCUT2D eigenvalue weighted by atomic mass is 9.74. The molecule has 0 amide bonds. The van der Waals surface area contributed by atoms with Crippen LogP contribution >= 0.6 is 0 Å². The second-order valence-corrected chi connectivity index (χ2v) is 12.4. The van der Waals surface area contributed by atoms with Crippen molar-refractivity contribution in [2.75, 3.05) is 13.2 Å². The third-order valence-electron chi connectivity index (χ3n) is 9.67. The van der Waals surface area contributed by atoms with E-state index >= 15 is 4.39 Å². The summed E-state index contributed by atoms with van der Waals surface area (Å²) < 4.78 is 27.5. The van der Waals surface area contributed by atoms with Gasteiger partial charge in [-0.05, 0) is 66.5 Å². The summed E-state index contributed by atoms with van der Waals surface area (Å²) in [6.45, 7) is 6.09. The van der Waals surface area contributed by atoms with Gasteiger partial charge in [-0.1, -0.05) is 102 Å². The molecule has 0 atom stereocenters. The van der Waals surface area contributed by atoms with Crippen molar-refractivity contribution in [1.29, 1.82) is 0 Å². The SMILES string of the molecule is CCCCCC1CCC(C2COC(c3ccc(-c4ccc(C5CCC(C)CC5)cc4)c(F)c3)OC2)CC1. The average Bonchev–Trinajstić information content (AvgIpc) is 2.94. The fraction of sp³-hybridized carbons (Fsp3) is 0.647. The molecule has 1 heterocycles. The monoisotopic (exact) mass is 506 g/mol. The highest BCUT2D eigenvalue weighted by Crippen LogP contribution is 2.40. The van der Waals surface area contributed by atoms with Crippen molar-refractivity contribution in [3.63, 3.8) is 0 Å². The predicted octanol–water partition coefficient (Wildman–Crippen LogP) is 9.83. The van der Waals surface area contributed by atoms with Gasteiger partial charge in [-0.2, -0.15) is 0 Å². The van der Waals surface area contributed by atoms with E-state index in [1.54, 1.807) is 6.07 Å². The maximum absolute atomic E-state index is 15.2. The van der Waals surface area contributed by atoms with Gasteiger partial charge in [-0.25, -0.2) is 4.39 Å². The first-order valence-electron chi connectivity index (χ1n) is 15.2. The van der Waals surface area contributed by atoms with Crippen LogP contribution < -0.4 is 0 Å². The molecular weight excluding hydrogens is 459 g/mol. The van der Waals surface area contributed by atoms with Crippen LogP contribution in [0, 0.1) is 29.5 Å². The summed E-state index contributed by atoms with van der Waals surface area (Å²) in [6.07, 6.45) is 15.5. The van der Waals surface area contributed by atoms with Crippen LogP contribution in [0.15, 0.2) is 42.5 Å². The van der Waals surface area contributed by atoms with E-state index in [0.29, 0.717) is 23.3 Å². The molecule has 5 rings (SSSR count). The Morgan fingerprint density at radius 1 is 0.757 bits per heavy atom. The Balaban J connectivity index is 1.12. The Hall–Kier alpha value is -1.71. The van der Waals surface area contributed by atoms with Gasteiger partial charge in [-0.3, -0.25) is 0 Å². The van der Waals surface area contributed by atoms with Crippen molar-refractivity contribution >= 4 is 0 Å². The predicted molar refractivity (Wildman–Crippen MR) is 150 cm³/mol. The van der Waals surface area contributed by atoms with Crippen molar-refractivity contribution in [2.45, 2.75) is 103 Å². The summed E-state index contributed by atoms with van der Waals surface area (Å²) in [5.74, 6) is 3.42. The van der Waals surface area contributed by atoms with Crippen molar-refractivity contribution in [3.05, 3.63) is 59.4 Å². The normalized spacial score (nSPS) is 30.8. The summed E-state index contributed by atoms with van der Waals surface area (Å²) >= 11 is 0. The molecule has 0 unspecified atom stereocenters. The number of benzene rings is 2. The van der Waals surface area contributed by atoms with E-state index in [0.717, 1.165) is 36.2 Å². The Morgan fingerprint density at radius 3 is 2.08 bits per heavy atom. The standard InChI is InChI=1S/C34H47FO2/c1-3-4-5-6-25-9-13-28(14-10-25)31-22-36-34(37-23-31)30-19-20-32(33(35)21-30)29-17-15-27(16-18-29)26-11-7-24(2)8-12-26/h15-21,24-26,28,31,34H,3-14,22-23H2,1-2H3. The number of ether oxygens (including phenoxy) is 2. The zero-order valence-electron chi connectivity index (χ0n) is 23.1. The largest absolute Gasteiger partial charge is 0.348 e. The number of rotatable bonds is 8. The molecule has 37 heavy (non-hydrogen) atoms. The van der Waals surface area contributed by atoms with E-state index in [1.807, 2.05) is 12.1 Å². The van der Waals surface area contributed by atoms with Crippen LogP contribution in [0.4, 0.5) is 4.39 Å². The van der Waals surface area contributed by atoms with Crippen molar-refractivity contribution in [3.8, 4) is 11.1 Å². The second kappa shape index (κ2) is 12.9. The lowest BCUT2D eigenvalue weighted by Gasteiger charge is -2.38. The molecule has 0 spiro atoms. The molecule has 1 aliphatic heterocycles. The topological polar surface area (TPSA) is 18.5 Å². The van der Waals surface area contributed by atoms with E-state index in [9.17, 15) is 0 Å². The van der Waals surface area contributed by atoms with Crippen LogP contribution in [-0.2, 0) is 9.47 Å². The molecule has 1 saturated heterocycles. The zero-order chi connectivity index (χ0) is 25.6. The number of unbranched alkanes of at least 4 members (excludes halogenated alkanes) is 2. The van der Waals surface area contributed by atoms with Gasteiger partial charge in [0, 0.05) is 17.0 Å². The average molecular weight is 507 g/mol. The summed E-state index contributed by atoms with van der Waals surface area (Å²) in [7, 11) is 0. The van der Waals surface area contributed by atoms with Crippen LogP contribution in [0.3, 0.4) is 0 Å². The first kappa shape index (κ1) is 26.9. The molecule has 2 aromatic carbocycles. The van der Waals surface area contributed by atoms with Gasteiger partial charge in [0.15, 0.2) is 6.29 Å². The van der Waals surface area contributed by atoms with E-state index in [4.69, 9.17) is 9.47 Å². The maximum Gasteiger partial charge on any atom is 0.183 e. The van der Waals surface area contributed by atoms with Crippen LogP contribution in [-0.4, -0.2) is 13.2 Å². The highest BCUT2D eigenvalue weighted by molar-refractivity contribution is 5.65. The van der Waals surface area contributed by atoms with E-state index < -0.39 is 6.29 Å². The van der Waals surface area contributed by atoms with Gasteiger partial charge >= 0.3 is 0 Å². The third kappa shape index (κ3) is 6.84. The van der Waals surface area contributed by atoms with E-state index in [1.165, 1.54) is 82.6 Å². The molecule has 0 aromatic heterocycles. The Kier molecular flexibility index (Phi) is 9.37. The van der Waals surface area contributed by atoms with Crippen molar-refractivity contribution < 1.29 is 13.9 Å². The fourth-order valence-electron chi connectivity index (χ4n) is 7.05. The molecule has 3 aliphatic rings. The van der Waals surface area contributed by atoms with Crippen LogP contribution in [0.1, 0.15) is 114 Å². The molecule has 0 radical (unpaired) electrons. The van der Waals surface area contributed by atoms with Gasteiger partial charge in [0.1, 0.15) is 5.82 Å². The summed E-state index contributed by atoms with van der Waals surface area (Å²) in [5, 5.41) is 0. The van der Waals surface area contributed by atoms with Gasteiger partial charge < -0.3 is 9.47 Å². The fourth-order valence-corrected chi connectivity index (χ4v) is 7.05. The lowest BCUT2D eigenvalue weighted by Crippen LogP contribution is -2.34. The molecule has 0 N–H and O–H groups in total. The summed E-state index contributed by atoms with van der Waals surface area (Å²) in [5.41, 5.74) is 3.77. The first-order valence-corrected chi connectivity index (χ1v) is 15.2. The molecule has 0 bridgehead atoms. The Labute approximate surface area is 224 Å². The lowest BCUT2D eigenvalue weighted by molar-refractivity contribution is -0.214. The van der Waals surface area contributed by atoms with Gasteiger partial charge in [0.25, 0.3) is 0 Å². The quantitative estimate of drug-likeness (QED) is 0.332. The van der Waals surface area contributed by atoms with Crippen molar-refractivity contribution in [2.24, 2.45) is 23.7 Å². The van der Waals surface area contributed by atoms with Crippen LogP contribution in [0.2, 0.25) is 0 Å². The summed E-state index contributed by atoms with van der Waals surface area (Å²) in [6, 6.07) is 14.1. The van der Waals surface area contributed by atoms with Crippen molar-refractivity contribution in [1.82, 2.24) is 0 Å². The van der Waals surface area contributed by atoms with Crippen LogP contribution in [0.25, 0.3) is 11.1 Å². The Bertz CT molecular complexity index is 962. The minimum absolute atomic E-state index is 0.201. The molecule has 3 heteroatoms. The molecule has 2 nitrogen and oxygen atoms in total. The van der Waals surface area contributed by atoms with Gasteiger partial charge in [0.05, 0.1) is 13.2 Å².